The Kier molecular flexibility index (Phi) is 4.66. The zero-order chi connectivity index (χ0) is 13.8. The summed E-state index contributed by atoms with van der Waals surface area (Å²) in [4.78, 5) is 15.0. The van der Waals surface area contributed by atoms with Gasteiger partial charge in [0.25, 0.3) is 5.91 Å². The number of hydrogen-bond donors (Lipinski definition) is 2. The summed E-state index contributed by atoms with van der Waals surface area (Å²) in [5.74, 6) is -0.607. The van der Waals surface area contributed by atoms with E-state index >= 15 is 0 Å². The third-order valence-electron chi connectivity index (χ3n) is 2.37. The number of pyridine rings is 1. The fourth-order valence-corrected chi connectivity index (χ4v) is 1.23. The van der Waals surface area contributed by atoms with Gasteiger partial charge >= 0.3 is 6.18 Å². The molecule has 7 heteroatoms. The van der Waals surface area contributed by atoms with Gasteiger partial charge in [0.2, 0.25) is 0 Å². The van der Waals surface area contributed by atoms with E-state index in [0.717, 1.165) is 12.1 Å². The van der Waals surface area contributed by atoms with Crippen molar-refractivity contribution in [1.82, 2.24) is 10.3 Å². The van der Waals surface area contributed by atoms with Gasteiger partial charge in [-0.3, -0.25) is 9.78 Å². The van der Waals surface area contributed by atoms with Crippen molar-refractivity contribution in [3.05, 3.63) is 29.6 Å². The molecule has 0 fully saturated rings. The average Bonchev–Trinajstić information content (AvgIpc) is 2.34. The summed E-state index contributed by atoms with van der Waals surface area (Å²) in [5, 5.41) is 11.3. The molecular weight excluding hydrogens is 249 g/mol. The molecule has 100 valence electrons. The van der Waals surface area contributed by atoms with Crippen LogP contribution < -0.4 is 5.32 Å². The van der Waals surface area contributed by atoms with Crippen molar-refractivity contribution in [1.29, 1.82) is 0 Å². The van der Waals surface area contributed by atoms with Crippen molar-refractivity contribution < 1.29 is 23.1 Å². The van der Waals surface area contributed by atoms with Gasteiger partial charge in [0.1, 0.15) is 5.69 Å². The third-order valence-corrected chi connectivity index (χ3v) is 2.37. The number of hydrogen-bond acceptors (Lipinski definition) is 3. The van der Waals surface area contributed by atoms with Crippen LogP contribution in [0, 0.1) is 0 Å². The van der Waals surface area contributed by atoms with E-state index in [9.17, 15) is 18.0 Å². The van der Waals surface area contributed by atoms with Crippen LogP contribution in [-0.2, 0) is 6.18 Å². The second kappa shape index (κ2) is 5.81. The summed E-state index contributed by atoms with van der Waals surface area (Å²) in [6.07, 6.45) is -3.35. The quantitative estimate of drug-likeness (QED) is 0.866. The Balaban J connectivity index is 2.76. The highest BCUT2D eigenvalue weighted by Gasteiger charge is 2.30. The van der Waals surface area contributed by atoms with Crippen LogP contribution in [0.2, 0.25) is 0 Å². The lowest BCUT2D eigenvalue weighted by atomic mass is 10.2. The van der Waals surface area contributed by atoms with Gasteiger partial charge in [0, 0.05) is 6.20 Å². The molecule has 4 nitrogen and oxygen atoms in total. The van der Waals surface area contributed by atoms with Gasteiger partial charge < -0.3 is 10.4 Å². The molecule has 0 spiro atoms. The number of aliphatic hydroxyl groups excluding tert-OH is 1. The SMILES string of the molecule is CC[C@H](CO)NC(=O)c1ccc(C(F)(F)F)cn1. The van der Waals surface area contributed by atoms with Gasteiger partial charge in [-0.2, -0.15) is 13.2 Å². The van der Waals surface area contributed by atoms with Crippen LogP contribution in [0.1, 0.15) is 29.4 Å². The molecule has 1 aromatic heterocycles. The summed E-state index contributed by atoms with van der Waals surface area (Å²) in [7, 11) is 0. The molecular formula is C11H13F3N2O2. The number of carbonyl (C=O) groups excluding carboxylic acids is 1. The largest absolute Gasteiger partial charge is 0.417 e. The molecule has 1 rings (SSSR count). The zero-order valence-electron chi connectivity index (χ0n) is 9.66. The minimum absolute atomic E-state index is 0.116. The Bertz CT molecular complexity index is 400. The first-order valence-electron chi connectivity index (χ1n) is 5.33. The number of aromatic nitrogens is 1. The molecule has 0 unspecified atom stereocenters. The average molecular weight is 262 g/mol. The smallest absolute Gasteiger partial charge is 0.394 e. The number of aliphatic hydroxyl groups is 1. The Hall–Kier alpha value is -1.63. The normalized spacial score (nSPS) is 13.2. The maximum Gasteiger partial charge on any atom is 0.417 e. The predicted molar refractivity (Wildman–Crippen MR) is 57.9 cm³/mol. The van der Waals surface area contributed by atoms with Gasteiger partial charge in [0.05, 0.1) is 18.2 Å². The molecule has 0 radical (unpaired) electrons. The standard InChI is InChI=1S/C11H13F3N2O2/c1-2-8(6-17)16-10(18)9-4-3-7(5-15-9)11(12,13)14/h3-5,8,17H,2,6H2,1H3,(H,16,18)/t8-/m1/s1. The number of rotatable bonds is 4. The number of halogens is 3. The predicted octanol–water partition coefficient (Wildman–Crippen LogP) is 1.60. The molecule has 0 aromatic carbocycles. The van der Waals surface area contributed by atoms with Crippen LogP contribution >= 0.6 is 0 Å². The summed E-state index contributed by atoms with van der Waals surface area (Å²) in [6, 6.07) is 1.37. The lowest BCUT2D eigenvalue weighted by Gasteiger charge is -2.13. The molecule has 0 aliphatic heterocycles. The molecule has 1 aromatic rings. The molecule has 1 amide bonds. The van der Waals surface area contributed by atoms with Crippen molar-refractivity contribution in [3.63, 3.8) is 0 Å². The minimum atomic E-state index is -4.47. The number of nitrogens with zero attached hydrogens (tertiary/aromatic N) is 1. The molecule has 0 aliphatic rings. The highest BCUT2D eigenvalue weighted by molar-refractivity contribution is 5.92. The van der Waals surface area contributed by atoms with Crippen LogP contribution in [0.15, 0.2) is 18.3 Å². The molecule has 0 aliphatic carbocycles. The number of amides is 1. The maximum absolute atomic E-state index is 12.3. The molecule has 0 bridgehead atoms. The van der Waals surface area contributed by atoms with E-state index in [1.54, 1.807) is 6.92 Å². The van der Waals surface area contributed by atoms with Crippen molar-refractivity contribution in [2.75, 3.05) is 6.61 Å². The summed E-state index contributed by atoms with van der Waals surface area (Å²) in [5.41, 5.74) is -1.02. The molecule has 18 heavy (non-hydrogen) atoms. The van der Waals surface area contributed by atoms with Gasteiger partial charge in [-0.25, -0.2) is 0 Å². The first-order chi connectivity index (χ1) is 8.38. The summed E-state index contributed by atoms with van der Waals surface area (Å²) >= 11 is 0. The Labute approximate surface area is 102 Å². The lowest BCUT2D eigenvalue weighted by Crippen LogP contribution is -2.37. The topological polar surface area (TPSA) is 62.2 Å². The lowest BCUT2D eigenvalue weighted by molar-refractivity contribution is -0.137. The Morgan fingerprint density at radius 3 is 2.56 bits per heavy atom. The van der Waals surface area contributed by atoms with Crippen molar-refractivity contribution in [2.24, 2.45) is 0 Å². The van der Waals surface area contributed by atoms with Crippen LogP contribution in [0.5, 0.6) is 0 Å². The highest BCUT2D eigenvalue weighted by Crippen LogP contribution is 2.28. The Morgan fingerprint density at radius 2 is 2.17 bits per heavy atom. The van der Waals surface area contributed by atoms with Crippen molar-refractivity contribution in [3.8, 4) is 0 Å². The van der Waals surface area contributed by atoms with Gasteiger partial charge in [0.15, 0.2) is 0 Å². The molecule has 1 atom stereocenters. The molecule has 0 saturated carbocycles. The van der Waals surface area contributed by atoms with Crippen LogP contribution in [0.4, 0.5) is 13.2 Å². The summed E-state index contributed by atoms with van der Waals surface area (Å²) in [6.45, 7) is 1.53. The highest BCUT2D eigenvalue weighted by atomic mass is 19.4. The van der Waals surface area contributed by atoms with E-state index in [1.807, 2.05) is 0 Å². The zero-order valence-corrected chi connectivity index (χ0v) is 9.66. The number of nitrogens with one attached hydrogen (secondary N) is 1. The van der Waals surface area contributed by atoms with Gasteiger partial charge in [-0.1, -0.05) is 6.92 Å². The second-order valence-electron chi connectivity index (χ2n) is 3.69. The van der Waals surface area contributed by atoms with Crippen LogP contribution in [0.3, 0.4) is 0 Å². The summed E-state index contributed by atoms with van der Waals surface area (Å²) < 4.78 is 36.8. The minimum Gasteiger partial charge on any atom is -0.394 e. The Morgan fingerprint density at radius 1 is 1.50 bits per heavy atom. The first-order valence-corrected chi connectivity index (χ1v) is 5.33. The van der Waals surface area contributed by atoms with Crippen molar-refractivity contribution >= 4 is 5.91 Å². The fourth-order valence-electron chi connectivity index (χ4n) is 1.23. The van der Waals surface area contributed by atoms with Crippen molar-refractivity contribution in [2.45, 2.75) is 25.6 Å². The fraction of sp³-hybridized carbons (Fsp3) is 0.455. The second-order valence-corrected chi connectivity index (χ2v) is 3.69. The maximum atomic E-state index is 12.3. The molecule has 2 N–H and O–H groups in total. The van der Waals surface area contributed by atoms with Gasteiger partial charge in [-0.05, 0) is 18.6 Å². The monoisotopic (exact) mass is 262 g/mol. The van der Waals surface area contributed by atoms with Gasteiger partial charge in [-0.15, -0.1) is 0 Å². The molecule has 0 saturated heterocycles. The van der Waals surface area contributed by atoms with E-state index in [4.69, 9.17) is 5.11 Å². The van der Waals surface area contributed by atoms with E-state index < -0.39 is 23.7 Å². The molecule has 1 heterocycles. The number of alkyl halides is 3. The van der Waals surface area contributed by atoms with Crippen LogP contribution in [-0.4, -0.2) is 28.6 Å². The van der Waals surface area contributed by atoms with Crippen LogP contribution in [0.25, 0.3) is 0 Å². The van der Waals surface area contributed by atoms with E-state index in [2.05, 4.69) is 10.3 Å². The first kappa shape index (κ1) is 14.4. The van der Waals surface area contributed by atoms with E-state index in [0.29, 0.717) is 12.6 Å². The third kappa shape index (κ3) is 3.69. The van der Waals surface area contributed by atoms with E-state index in [1.165, 1.54) is 0 Å². The number of carbonyl (C=O) groups is 1. The van der Waals surface area contributed by atoms with E-state index in [-0.39, 0.29) is 12.3 Å².